The zero-order valence-corrected chi connectivity index (χ0v) is 17.4. The minimum atomic E-state index is -0.0464. The number of benzene rings is 1. The third-order valence-corrected chi connectivity index (χ3v) is 4.30. The summed E-state index contributed by atoms with van der Waals surface area (Å²) >= 11 is 0. The SMILES string of the molecule is CN=C(NCCc1cccc(C(=O)NC)c1)N1CCC(C)(C)C1.I. The van der Waals surface area contributed by atoms with E-state index in [0.717, 1.165) is 37.6 Å². The number of carbonyl (C=O) groups is 1. The van der Waals surface area contributed by atoms with Gasteiger partial charge in [0.1, 0.15) is 0 Å². The molecule has 1 aliphatic rings. The average molecular weight is 444 g/mol. The van der Waals surface area contributed by atoms with Gasteiger partial charge in [0.2, 0.25) is 0 Å². The Kier molecular flexibility index (Phi) is 7.99. The Morgan fingerprint density at radius 1 is 1.38 bits per heavy atom. The first-order valence-corrected chi connectivity index (χ1v) is 8.22. The van der Waals surface area contributed by atoms with Gasteiger partial charge in [-0.25, -0.2) is 0 Å². The molecule has 0 aromatic heterocycles. The molecule has 24 heavy (non-hydrogen) atoms. The number of guanidine groups is 1. The van der Waals surface area contributed by atoms with Crippen molar-refractivity contribution in [2.75, 3.05) is 33.7 Å². The second kappa shape index (κ2) is 9.25. The van der Waals surface area contributed by atoms with Crippen molar-refractivity contribution >= 4 is 35.8 Å². The molecule has 1 amide bonds. The summed E-state index contributed by atoms with van der Waals surface area (Å²) < 4.78 is 0. The van der Waals surface area contributed by atoms with Gasteiger partial charge in [-0.05, 0) is 36.0 Å². The first-order valence-electron chi connectivity index (χ1n) is 8.22. The molecule has 0 atom stereocenters. The summed E-state index contributed by atoms with van der Waals surface area (Å²) in [5.41, 5.74) is 2.21. The van der Waals surface area contributed by atoms with Crippen molar-refractivity contribution in [3.05, 3.63) is 35.4 Å². The Balaban J connectivity index is 0.00000288. The molecule has 0 aliphatic carbocycles. The molecule has 0 spiro atoms. The molecule has 1 aliphatic heterocycles. The number of hydrogen-bond donors (Lipinski definition) is 2. The lowest BCUT2D eigenvalue weighted by atomic mass is 9.93. The van der Waals surface area contributed by atoms with Crippen LogP contribution in [-0.2, 0) is 6.42 Å². The zero-order valence-electron chi connectivity index (χ0n) is 15.1. The van der Waals surface area contributed by atoms with Crippen LogP contribution >= 0.6 is 24.0 Å². The summed E-state index contributed by atoms with van der Waals surface area (Å²) in [5, 5.41) is 6.09. The summed E-state index contributed by atoms with van der Waals surface area (Å²) in [4.78, 5) is 18.4. The lowest BCUT2D eigenvalue weighted by Crippen LogP contribution is -2.41. The zero-order chi connectivity index (χ0) is 16.9. The fourth-order valence-electron chi connectivity index (χ4n) is 2.96. The van der Waals surface area contributed by atoms with Crippen LogP contribution in [0.1, 0.15) is 36.2 Å². The lowest BCUT2D eigenvalue weighted by Gasteiger charge is -2.23. The van der Waals surface area contributed by atoms with Gasteiger partial charge >= 0.3 is 0 Å². The van der Waals surface area contributed by atoms with Crippen LogP contribution < -0.4 is 10.6 Å². The Morgan fingerprint density at radius 2 is 2.12 bits per heavy atom. The molecule has 1 fully saturated rings. The molecule has 2 rings (SSSR count). The number of likely N-dealkylation sites (tertiary alicyclic amines) is 1. The number of rotatable bonds is 4. The Morgan fingerprint density at radius 3 is 2.71 bits per heavy atom. The van der Waals surface area contributed by atoms with Crippen LogP contribution in [0, 0.1) is 5.41 Å². The van der Waals surface area contributed by atoms with Crippen molar-refractivity contribution in [3.63, 3.8) is 0 Å². The molecule has 134 valence electrons. The van der Waals surface area contributed by atoms with E-state index >= 15 is 0 Å². The second-order valence-electron chi connectivity index (χ2n) is 6.84. The van der Waals surface area contributed by atoms with Crippen LogP contribution in [0.3, 0.4) is 0 Å². The van der Waals surface area contributed by atoms with E-state index in [2.05, 4.69) is 40.4 Å². The molecule has 1 heterocycles. The molecule has 6 heteroatoms. The first-order chi connectivity index (χ1) is 10.9. The predicted octanol–water partition coefficient (Wildman–Crippen LogP) is 2.51. The maximum Gasteiger partial charge on any atom is 0.251 e. The quantitative estimate of drug-likeness (QED) is 0.427. The van der Waals surface area contributed by atoms with E-state index in [-0.39, 0.29) is 29.9 Å². The normalized spacial score (nSPS) is 16.5. The van der Waals surface area contributed by atoms with Crippen molar-refractivity contribution in [3.8, 4) is 0 Å². The van der Waals surface area contributed by atoms with Crippen LogP contribution in [-0.4, -0.2) is 50.5 Å². The smallest absolute Gasteiger partial charge is 0.251 e. The maximum atomic E-state index is 11.7. The fourth-order valence-corrected chi connectivity index (χ4v) is 2.96. The molecule has 1 aromatic rings. The van der Waals surface area contributed by atoms with Gasteiger partial charge < -0.3 is 15.5 Å². The van der Waals surface area contributed by atoms with Crippen LogP contribution in [0.15, 0.2) is 29.3 Å². The van der Waals surface area contributed by atoms with E-state index in [1.54, 1.807) is 7.05 Å². The number of aliphatic imine (C=N–C) groups is 1. The maximum absolute atomic E-state index is 11.7. The van der Waals surface area contributed by atoms with Crippen LogP contribution in [0.2, 0.25) is 0 Å². The van der Waals surface area contributed by atoms with E-state index in [1.165, 1.54) is 6.42 Å². The number of hydrogen-bond acceptors (Lipinski definition) is 2. The molecule has 1 aromatic carbocycles. The summed E-state index contributed by atoms with van der Waals surface area (Å²) in [5.74, 6) is 0.924. The van der Waals surface area contributed by atoms with E-state index in [1.807, 2.05) is 25.2 Å². The number of halogens is 1. The minimum absolute atomic E-state index is 0. The average Bonchev–Trinajstić information content (AvgIpc) is 2.91. The van der Waals surface area contributed by atoms with Crippen molar-refractivity contribution < 1.29 is 4.79 Å². The molecule has 0 radical (unpaired) electrons. The largest absolute Gasteiger partial charge is 0.356 e. The van der Waals surface area contributed by atoms with Crippen LogP contribution in [0.25, 0.3) is 0 Å². The monoisotopic (exact) mass is 444 g/mol. The molecular weight excluding hydrogens is 415 g/mol. The van der Waals surface area contributed by atoms with Gasteiger partial charge in [0.05, 0.1) is 0 Å². The molecule has 5 nitrogen and oxygen atoms in total. The molecule has 2 N–H and O–H groups in total. The Hall–Kier alpha value is -1.31. The van der Waals surface area contributed by atoms with Gasteiger partial charge in [-0.15, -0.1) is 24.0 Å². The third-order valence-electron chi connectivity index (χ3n) is 4.30. The lowest BCUT2D eigenvalue weighted by molar-refractivity contribution is 0.0963. The van der Waals surface area contributed by atoms with Gasteiger partial charge in [-0.2, -0.15) is 0 Å². The van der Waals surface area contributed by atoms with Crippen molar-refractivity contribution in [1.29, 1.82) is 0 Å². The highest BCUT2D eigenvalue weighted by atomic mass is 127. The second-order valence-corrected chi connectivity index (χ2v) is 6.84. The fraction of sp³-hybridized carbons (Fsp3) is 0.556. The van der Waals surface area contributed by atoms with E-state index in [9.17, 15) is 4.79 Å². The predicted molar refractivity (Wildman–Crippen MR) is 110 cm³/mol. The van der Waals surface area contributed by atoms with Crippen LogP contribution in [0.4, 0.5) is 0 Å². The van der Waals surface area contributed by atoms with Crippen molar-refractivity contribution in [2.45, 2.75) is 26.7 Å². The Bertz CT molecular complexity index is 586. The topological polar surface area (TPSA) is 56.7 Å². The van der Waals surface area contributed by atoms with Gasteiger partial charge in [-0.3, -0.25) is 9.79 Å². The summed E-state index contributed by atoms with van der Waals surface area (Å²) in [6, 6.07) is 7.76. The van der Waals surface area contributed by atoms with Crippen molar-refractivity contribution in [2.24, 2.45) is 10.4 Å². The summed E-state index contributed by atoms with van der Waals surface area (Å²) in [6.07, 6.45) is 2.06. The highest BCUT2D eigenvalue weighted by Gasteiger charge is 2.30. The highest BCUT2D eigenvalue weighted by molar-refractivity contribution is 14.0. The third kappa shape index (κ3) is 5.65. The highest BCUT2D eigenvalue weighted by Crippen LogP contribution is 2.28. The van der Waals surface area contributed by atoms with Gasteiger partial charge in [-0.1, -0.05) is 26.0 Å². The minimum Gasteiger partial charge on any atom is -0.356 e. The molecule has 0 unspecified atom stereocenters. The molecular formula is C18H29IN4O. The van der Waals surface area contributed by atoms with Gasteiger partial charge in [0.25, 0.3) is 5.91 Å². The van der Waals surface area contributed by atoms with Crippen molar-refractivity contribution in [1.82, 2.24) is 15.5 Å². The van der Waals surface area contributed by atoms with Gasteiger partial charge in [0.15, 0.2) is 5.96 Å². The number of nitrogens with one attached hydrogen (secondary N) is 2. The molecule has 0 bridgehead atoms. The molecule has 1 saturated heterocycles. The number of amides is 1. The number of nitrogens with zero attached hydrogens (tertiary/aromatic N) is 2. The summed E-state index contributed by atoms with van der Waals surface area (Å²) in [6.45, 7) is 7.49. The Labute approximate surface area is 162 Å². The van der Waals surface area contributed by atoms with Crippen LogP contribution in [0.5, 0.6) is 0 Å². The number of carbonyl (C=O) groups excluding carboxylic acids is 1. The standard InChI is InChI=1S/C18H28N4O.HI/c1-18(2)9-11-22(13-18)17(20-4)21-10-8-14-6-5-7-15(12-14)16(23)19-3;/h5-7,12H,8-11,13H2,1-4H3,(H,19,23)(H,20,21);1H. The van der Waals surface area contributed by atoms with Gasteiger partial charge in [0, 0.05) is 39.3 Å². The van der Waals surface area contributed by atoms with E-state index < -0.39 is 0 Å². The van der Waals surface area contributed by atoms with E-state index in [4.69, 9.17) is 0 Å². The molecule has 0 saturated carbocycles. The summed E-state index contributed by atoms with van der Waals surface area (Å²) in [7, 11) is 3.48. The van der Waals surface area contributed by atoms with E-state index in [0.29, 0.717) is 11.0 Å². The first kappa shape index (κ1) is 20.7.